The number of carbonyl (C=O) groups is 2. The number of hydrogen-bond donors (Lipinski definition) is 1. The Morgan fingerprint density at radius 2 is 1.89 bits per heavy atom. The summed E-state index contributed by atoms with van der Waals surface area (Å²) in [5, 5.41) is 9.75. The largest absolute Gasteiger partial charge is 0.467 e. The Bertz CT molecular complexity index is 415. The molecule has 2 unspecified atom stereocenters. The zero-order valence-electron chi connectivity index (χ0n) is 11.0. The minimum absolute atomic E-state index is 0.347. The van der Waals surface area contributed by atoms with Gasteiger partial charge in [-0.05, 0) is 18.4 Å². The first-order valence-electron chi connectivity index (χ1n) is 6.01. The molecule has 0 radical (unpaired) electrons. The van der Waals surface area contributed by atoms with Gasteiger partial charge in [0.25, 0.3) is 0 Å². The van der Waals surface area contributed by atoms with E-state index in [1.807, 2.05) is 30.3 Å². The fourth-order valence-electron chi connectivity index (χ4n) is 1.72. The predicted octanol–water partition coefficient (Wildman–Crippen LogP) is 1.08. The monoisotopic (exact) mass is 266 g/mol. The Morgan fingerprint density at radius 1 is 1.26 bits per heavy atom. The van der Waals surface area contributed by atoms with Gasteiger partial charge in [-0.15, -0.1) is 0 Å². The lowest BCUT2D eigenvalue weighted by atomic mass is 10.0. The average Bonchev–Trinajstić information content (AvgIpc) is 2.42. The number of esters is 2. The van der Waals surface area contributed by atoms with Gasteiger partial charge in [0.1, 0.15) is 6.10 Å². The van der Waals surface area contributed by atoms with Crippen molar-refractivity contribution < 1.29 is 24.2 Å². The Kier molecular flexibility index (Phi) is 6.02. The fraction of sp³-hybridized carbons (Fsp3) is 0.429. The molecule has 0 amide bonds. The van der Waals surface area contributed by atoms with E-state index in [1.165, 1.54) is 14.0 Å². The van der Waals surface area contributed by atoms with Crippen LogP contribution in [0.15, 0.2) is 30.3 Å². The van der Waals surface area contributed by atoms with Crippen molar-refractivity contribution in [3.8, 4) is 0 Å². The number of hydrogen-bond acceptors (Lipinski definition) is 5. The van der Waals surface area contributed by atoms with Crippen LogP contribution in [0.3, 0.4) is 0 Å². The maximum absolute atomic E-state index is 11.3. The number of aliphatic hydroxyl groups excluding tert-OH is 1. The molecule has 5 heteroatoms. The normalized spacial score (nSPS) is 13.4. The summed E-state index contributed by atoms with van der Waals surface area (Å²) in [6.45, 7) is 1.24. The van der Waals surface area contributed by atoms with E-state index in [9.17, 15) is 14.7 Å². The van der Waals surface area contributed by atoms with Crippen molar-refractivity contribution in [3.63, 3.8) is 0 Å². The predicted molar refractivity (Wildman–Crippen MR) is 68.3 cm³/mol. The van der Waals surface area contributed by atoms with Gasteiger partial charge in [0.2, 0.25) is 0 Å². The molecule has 0 saturated heterocycles. The summed E-state index contributed by atoms with van der Waals surface area (Å²) < 4.78 is 9.41. The summed E-state index contributed by atoms with van der Waals surface area (Å²) in [5.41, 5.74) is 1.04. The van der Waals surface area contributed by atoms with E-state index in [2.05, 4.69) is 4.74 Å². The number of rotatable bonds is 6. The third-order valence-electron chi connectivity index (χ3n) is 2.67. The molecule has 104 valence electrons. The topological polar surface area (TPSA) is 72.8 Å². The van der Waals surface area contributed by atoms with Crippen molar-refractivity contribution in [1.82, 2.24) is 0 Å². The summed E-state index contributed by atoms with van der Waals surface area (Å²) in [6.07, 6.45) is -1.42. The number of methoxy groups -OCH3 is 1. The average molecular weight is 266 g/mol. The minimum atomic E-state index is -1.46. The maximum atomic E-state index is 11.3. The molecule has 1 aromatic carbocycles. The molecule has 19 heavy (non-hydrogen) atoms. The number of benzene rings is 1. The van der Waals surface area contributed by atoms with E-state index >= 15 is 0 Å². The van der Waals surface area contributed by atoms with Crippen LogP contribution >= 0.6 is 0 Å². The second-order valence-electron chi connectivity index (χ2n) is 4.14. The minimum Gasteiger partial charge on any atom is -0.467 e. The molecule has 0 aromatic heterocycles. The summed E-state index contributed by atoms with van der Waals surface area (Å²) in [6, 6.07) is 9.54. The van der Waals surface area contributed by atoms with Gasteiger partial charge in [0.05, 0.1) is 7.11 Å². The zero-order valence-corrected chi connectivity index (χ0v) is 11.0. The molecule has 1 rings (SSSR count). The van der Waals surface area contributed by atoms with E-state index < -0.39 is 24.1 Å². The molecule has 1 aromatic rings. The third-order valence-corrected chi connectivity index (χ3v) is 2.67. The van der Waals surface area contributed by atoms with Gasteiger partial charge in [-0.1, -0.05) is 30.3 Å². The van der Waals surface area contributed by atoms with Crippen molar-refractivity contribution >= 4 is 11.9 Å². The number of ether oxygens (including phenoxy) is 2. The molecule has 2 atom stereocenters. The summed E-state index contributed by atoms with van der Waals surface area (Å²) in [7, 11) is 1.17. The molecular formula is C14H18O5. The molecule has 0 heterocycles. The lowest BCUT2D eigenvalue weighted by molar-refractivity contribution is -0.166. The molecular weight excluding hydrogens is 248 g/mol. The van der Waals surface area contributed by atoms with Gasteiger partial charge in [-0.3, -0.25) is 4.79 Å². The highest BCUT2D eigenvalue weighted by molar-refractivity contribution is 5.75. The quantitative estimate of drug-likeness (QED) is 0.780. The molecule has 0 spiro atoms. The maximum Gasteiger partial charge on any atom is 0.338 e. The molecule has 1 N–H and O–H groups in total. The van der Waals surface area contributed by atoms with Crippen molar-refractivity contribution in [2.45, 2.75) is 32.0 Å². The number of carbonyl (C=O) groups excluding carboxylic acids is 2. The van der Waals surface area contributed by atoms with Gasteiger partial charge in [-0.2, -0.15) is 0 Å². The summed E-state index contributed by atoms with van der Waals surface area (Å²) >= 11 is 0. The van der Waals surface area contributed by atoms with Crippen LogP contribution in [0, 0.1) is 0 Å². The van der Waals surface area contributed by atoms with Crippen LogP contribution in [-0.2, 0) is 25.5 Å². The molecule has 5 nitrogen and oxygen atoms in total. The van der Waals surface area contributed by atoms with E-state index in [1.54, 1.807) is 0 Å². The third kappa shape index (κ3) is 5.09. The Hall–Kier alpha value is -1.88. The highest BCUT2D eigenvalue weighted by Gasteiger charge is 2.29. The van der Waals surface area contributed by atoms with Gasteiger partial charge < -0.3 is 14.6 Å². The SMILES string of the molecule is COC(=O)C(O)C(CCc1ccccc1)OC(C)=O. The van der Waals surface area contributed by atoms with Crippen molar-refractivity contribution in [2.75, 3.05) is 7.11 Å². The first-order chi connectivity index (χ1) is 9.04. The van der Waals surface area contributed by atoms with E-state index in [0.29, 0.717) is 12.8 Å². The number of aryl methyl sites for hydroxylation is 1. The highest BCUT2D eigenvalue weighted by Crippen LogP contribution is 2.12. The first-order valence-corrected chi connectivity index (χ1v) is 6.01. The standard InChI is InChI=1S/C14H18O5/c1-10(15)19-12(13(16)14(17)18-2)9-8-11-6-4-3-5-7-11/h3-7,12-13,16H,8-9H2,1-2H3. The zero-order chi connectivity index (χ0) is 14.3. The Balaban J connectivity index is 2.64. The molecule has 0 aliphatic carbocycles. The molecule has 0 aliphatic heterocycles. The van der Waals surface area contributed by atoms with Gasteiger partial charge in [0.15, 0.2) is 6.10 Å². The Labute approximate surface area is 112 Å². The van der Waals surface area contributed by atoms with Crippen LogP contribution in [0.2, 0.25) is 0 Å². The summed E-state index contributed by atoms with van der Waals surface area (Å²) in [4.78, 5) is 22.3. The second-order valence-corrected chi connectivity index (χ2v) is 4.14. The Morgan fingerprint density at radius 3 is 2.42 bits per heavy atom. The highest BCUT2D eigenvalue weighted by atomic mass is 16.6. The van der Waals surface area contributed by atoms with E-state index in [4.69, 9.17) is 4.74 Å². The lowest BCUT2D eigenvalue weighted by Crippen LogP contribution is -2.38. The smallest absolute Gasteiger partial charge is 0.338 e. The number of aliphatic hydroxyl groups is 1. The van der Waals surface area contributed by atoms with E-state index in [0.717, 1.165) is 5.56 Å². The van der Waals surface area contributed by atoms with Crippen molar-refractivity contribution in [2.24, 2.45) is 0 Å². The lowest BCUT2D eigenvalue weighted by Gasteiger charge is -2.20. The first kappa shape index (κ1) is 15.2. The molecule has 0 saturated carbocycles. The van der Waals surface area contributed by atoms with Crippen LogP contribution < -0.4 is 0 Å². The van der Waals surface area contributed by atoms with Crippen LogP contribution in [0.5, 0.6) is 0 Å². The van der Waals surface area contributed by atoms with E-state index in [-0.39, 0.29) is 0 Å². The molecule has 0 aliphatic rings. The summed E-state index contributed by atoms with van der Waals surface area (Å²) in [5.74, 6) is -1.35. The van der Waals surface area contributed by atoms with Crippen molar-refractivity contribution in [1.29, 1.82) is 0 Å². The van der Waals surface area contributed by atoms with Gasteiger partial charge in [-0.25, -0.2) is 4.79 Å². The van der Waals surface area contributed by atoms with Gasteiger partial charge >= 0.3 is 11.9 Å². The molecule has 0 fully saturated rings. The van der Waals surface area contributed by atoms with Crippen LogP contribution in [0.25, 0.3) is 0 Å². The van der Waals surface area contributed by atoms with Crippen molar-refractivity contribution in [3.05, 3.63) is 35.9 Å². The van der Waals surface area contributed by atoms with Crippen LogP contribution in [0.4, 0.5) is 0 Å². The van der Waals surface area contributed by atoms with Crippen LogP contribution in [-0.4, -0.2) is 36.4 Å². The molecule has 0 bridgehead atoms. The second kappa shape index (κ2) is 7.53. The van der Waals surface area contributed by atoms with Crippen LogP contribution in [0.1, 0.15) is 18.9 Å². The van der Waals surface area contributed by atoms with Gasteiger partial charge in [0, 0.05) is 6.92 Å². The fourth-order valence-corrected chi connectivity index (χ4v) is 1.72.